The molecule has 0 fully saturated rings. The summed E-state index contributed by atoms with van der Waals surface area (Å²) in [6, 6.07) is 3.30. The molecule has 0 saturated heterocycles. The van der Waals surface area contributed by atoms with Crippen molar-refractivity contribution >= 4 is 51.5 Å². The summed E-state index contributed by atoms with van der Waals surface area (Å²) in [6.45, 7) is 2.41. The summed E-state index contributed by atoms with van der Waals surface area (Å²) in [6.07, 6.45) is -0.716. The zero-order chi connectivity index (χ0) is 14.4. The minimum atomic E-state index is -0.716. The fraction of sp³-hybridized carbons (Fsp3) is 0.417. The van der Waals surface area contributed by atoms with Gasteiger partial charge < -0.3 is 20.5 Å². The molecule has 0 spiro atoms. The van der Waals surface area contributed by atoms with E-state index in [0.717, 1.165) is 0 Å². The van der Waals surface area contributed by atoms with Crippen LogP contribution in [0.1, 0.15) is 6.92 Å². The molecule has 5 nitrogen and oxygen atoms in total. The number of nitrogens with two attached hydrogens (primary N) is 1. The monoisotopic (exact) mass is 386 g/mol. The summed E-state index contributed by atoms with van der Waals surface area (Å²) >= 11 is 9.30. The third kappa shape index (κ3) is 5.10. The van der Waals surface area contributed by atoms with Gasteiger partial charge in [-0.25, -0.2) is 0 Å². The van der Waals surface area contributed by atoms with Crippen molar-refractivity contribution in [1.82, 2.24) is 0 Å². The van der Waals surface area contributed by atoms with Crippen LogP contribution in [0.4, 0.5) is 5.69 Å². The Hall–Kier alpha value is -0.530. The minimum Gasteiger partial charge on any atom is -0.491 e. The number of anilines is 1. The normalized spacial score (nSPS) is 11.4. The highest BCUT2D eigenvalue weighted by atomic mass is 79.9. The third-order valence-corrected chi connectivity index (χ3v) is 3.15. The molecule has 0 aliphatic rings. The number of rotatable bonds is 6. The van der Waals surface area contributed by atoms with Crippen LogP contribution < -0.4 is 15.8 Å². The first-order valence-electron chi connectivity index (χ1n) is 5.69. The number of halogens is 3. The fourth-order valence-electron chi connectivity index (χ4n) is 1.47. The standard InChI is InChI=1S/C12H16BrClN2O3.ClH/c1-3-19-11-8(13)4-7(14)5-9(11)16-12(17)10(6-15)18-2;/h4-5,10H,3,6,15H2,1-2H3,(H,16,17);1H. The van der Waals surface area contributed by atoms with E-state index in [4.69, 9.17) is 26.8 Å². The molecule has 1 unspecified atom stereocenters. The lowest BCUT2D eigenvalue weighted by Crippen LogP contribution is -2.36. The zero-order valence-corrected chi connectivity index (χ0v) is 14.3. The maximum Gasteiger partial charge on any atom is 0.254 e. The van der Waals surface area contributed by atoms with Gasteiger partial charge in [-0.3, -0.25) is 4.79 Å². The maximum absolute atomic E-state index is 11.9. The summed E-state index contributed by atoms with van der Waals surface area (Å²) in [4.78, 5) is 11.9. The molecule has 1 aromatic rings. The number of ether oxygens (including phenoxy) is 2. The number of benzene rings is 1. The largest absolute Gasteiger partial charge is 0.491 e. The Morgan fingerprint density at radius 2 is 2.20 bits per heavy atom. The van der Waals surface area contributed by atoms with Crippen molar-refractivity contribution in [3.8, 4) is 5.75 Å². The van der Waals surface area contributed by atoms with E-state index in [1.807, 2.05) is 6.92 Å². The smallest absolute Gasteiger partial charge is 0.254 e. The van der Waals surface area contributed by atoms with Crippen LogP contribution in [0.2, 0.25) is 5.02 Å². The number of hydrogen-bond acceptors (Lipinski definition) is 4. The average molecular weight is 388 g/mol. The number of carbonyl (C=O) groups excluding carboxylic acids is 1. The fourth-order valence-corrected chi connectivity index (χ4v) is 2.39. The lowest BCUT2D eigenvalue weighted by atomic mass is 10.2. The summed E-state index contributed by atoms with van der Waals surface area (Å²) < 4.78 is 11.1. The molecule has 1 atom stereocenters. The predicted molar refractivity (Wildman–Crippen MR) is 86.1 cm³/mol. The van der Waals surface area contributed by atoms with Crippen LogP contribution in [-0.4, -0.2) is 32.3 Å². The van der Waals surface area contributed by atoms with Crippen LogP contribution in [0.25, 0.3) is 0 Å². The van der Waals surface area contributed by atoms with Crippen molar-refractivity contribution in [2.75, 3.05) is 25.6 Å². The molecule has 1 amide bonds. The van der Waals surface area contributed by atoms with Crippen LogP contribution in [0, 0.1) is 0 Å². The van der Waals surface area contributed by atoms with Crippen LogP contribution in [0.3, 0.4) is 0 Å². The third-order valence-electron chi connectivity index (χ3n) is 2.35. The zero-order valence-electron chi connectivity index (χ0n) is 11.1. The highest BCUT2D eigenvalue weighted by Crippen LogP contribution is 2.36. The van der Waals surface area contributed by atoms with Crippen molar-refractivity contribution in [3.63, 3.8) is 0 Å². The van der Waals surface area contributed by atoms with Gasteiger partial charge in [-0.1, -0.05) is 11.6 Å². The molecule has 0 bridgehead atoms. The Labute approximate surface area is 137 Å². The molecule has 1 rings (SSSR count). The van der Waals surface area contributed by atoms with E-state index in [9.17, 15) is 4.79 Å². The van der Waals surface area contributed by atoms with Crippen molar-refractivity contribution in [2.24, 2.45) is 5.73 Å². The van der Waals surface area contributed by atoms with E-state index in [2.05, 4.69) is 21.2 Å². The first-order chi connectivity index (χ1) is 9.03. The van der Waals surface area contributed by atoms with E-state index in [0.29, 0.717) is 27.5 Å². The van der Waals surface area contributed by atoms with Gasteiger partial charge in [0.15, 0.2) is 5.75 Å². The Morgan fingerprint density at radius 3 is 2.70 bits per heavy atom. The Morgan fingerprint density at radius 1 is 1.55 bits per heavy atom. The highest BCUT2D eigenvalue weighted by molar-refractivity contribution is 9.10. The Balaban J connectivity index is 0.00000361. The maximum atomic E-state index is 11.9. The van der Waals surface area contributed by atoms with Crippen molar-refractivity contribution < 1.29 is 14.3 Å². The molecule has 0 radical (unpaired) electrons. The van der Waals surface area contributed by atoms with E-state index in [-0.39, 0.29) is 24.9 Å². The lowest BCUT2D eigenvalue weighted by molar-refractivity contribution is -0.125. The van der Waals surface area contributed by atoms with Gasteiger partial charge in [0.25, 0.3) is 5.91 Å². The van der Waals surface area contributed by atoms with E-state index in [1.165, 1.54) is 7.11 Å². The number of carbonyl (C=O) groups is 1. The second-order valence-corrected chi connectivity index (χ2v) is 4.94. The van der Waals surface area contributed by atoms with Crippen molar-refractivity contribution in [2.45, 2.75) is 13.0 Å². The lowest BCUT2D eigenvalue weighted by Gasteiger charge is -2.17. The SMILES string of the molecule is CCOc1c(Br)cc(Cl)cc1NC(=O)C(CN)OC.Cl. The molecule has 114 valence electrons. The topological polar surface area (TPSA) is 73.6 Å². The summed E-state index contributed by atoms with van der Waals surface area (Å²) in [5, 5.41) is 3.17. The van der Waals surface area contributed by atoms with Gasteiger partial charge >= 0.3 is 0 Å². The quantitative estimate of drug-likeness (QED) is 0.786. The number of hydrogen-bond donors (Lipinski definition) is 2. The van der Waals surface area contributed by atoms with Gasteiger partial charge in [-0.05, 0) is 35.0 Å². The van der Waals surface area contributed by atoms with Gasteiger partial charge in [-0.2, -0.15) is 0 Å². The average Bonchev–Trinajstić information content (AvgIpc) is 2.35. The molecule has 0 heterocycles. The Bertz CT molecular complexity index is 457. The second kappa shape index (κ2) is 9.41. The molecule has 0 aliphatic carbocycles. The van der Waals surface area contributed by atoms with E-state index < -0.39 is 6.10 Å². The summed E-state index contributed by atoms with van der Waals surface area (Å²) in [5.74, 6) is 0.173. The predicted octanol–water partition coefficient (Wildman–Crippen LogP) is 2.84. The van der Waals surface area contributed by atoms with Gasteiger partial charge in [0.2, 0.25) is 0 Å². The van der Waals surface area contributed by atoms with Gasteiger partial charge in [0, 0.05) is 18.7 Å². The molecule has 0 saturated carbocycles. The van der Waals surface area contributed by atoms with Gasteiger partial charge in [-0.15, -0.1) is 12.4 Å². The van der Waals surface area contributed by atoms with Crippen molar-refractivity contribution in [3.05, 3.63) is 21.6 Å². The molecule has 1 aromatic carbocycles. The van der Waals surface area contributed by atoms with E-state index in [1.54, 1.807) is 12.1 Å². The first-order valence-corrected chi connectivity index (χ1v) is 6.86. The molecule has 3 N–H and O–H groups in total. The van der Waals surface area contributed by atoms with E-state index >= 15 is 0 Å². The molecule has 8 heteroatoms. The first kappa shape index (κ1) is 19.5. The van der Waals surface area contributed by atoms with Crippen LogP contribution in [0.5, 0.6) is 5.75 Å². The number of amides is 1. The highest BCUT2D eigenvalue weighted by Gasteiger charge is 2.19. The van der Waals surface area contributed by atoms with Crippen LogP contribution >= 0.6 is 39.9 Å². The molecule has 0 aliphatic heterocycles. The Kier molecular flexibility index (Phi) is 9.16. The molecule has 0 aromatic heterocycles. The summed E-state index contributed by atoms with van der Waals surface area (Å²) in [5.41, 5.74) is 5.92. The summed E-state index contributed by atoms with van der Waals surface area (Å²) in [7, 11) is 1.43. The van der Waals surface area contributed by atoms with Gasteiger partial charge in [0.05, 0.1) is 16.8 Å². The van der Waals surface area contributed by atoms with Crippen LogP contribution in [-0.2, 0) is 9.53 Å². The van der Waals surface area contributed by atoms with Gasteiger partial charge in [0.1, 0.15) is 6.10 Å². The molecular weight excluding hydrogens is 371 g/mol. The number of methoxy groups -OCH3 is 1. The number of nitrogens with one attached hydrogen (secondary N) is 1. The molecule has 20 heavy (non-hydrogen) atoms. The van der Waals surface area contributed by atoms with Crippen LogP contribution in [0.15, 0.2) is 16.6 Å². The van der Waals surface area contributed by atoms with Crippen molar-refractivity contribution in [1.29, 1.82) is 0 Å². The molecular formula is C12H17BrCl2N2O3. The minimum absolute atomic E-state index is 0. The second-order valence-electron chi connectivity index (χ2n) is 3.65.